The highest BCUT2D eigenvalue weighted by molar-refractivity contribution is 7.99. The van der Waals surface area contributed by atoms with Crippen molar-refractivity contribution in [3.05, 3.63) is 63.2 Å². The monoisotopic (exact) mass is 363 g/mol. The SMILES string of the molecule is Cc1cc2nc(CSCC(=O)Nc3ccccc3Cl)cc(=O)n2o1. The number of nitrogens with zero attached hydrogens (tertiary/aromatic N) is 2. The largest absolute Gasteiger partial charge is 0.375 e. The average molecular weight is 364 g/mol. The van der Waals surface area contributed by atoms with Gasteiger partial charge in [-0.3, -0.25) is 9.59 Å². The zero-order chi connectivity index (χ0) is 17.1. The van der Waals surface area contributed by atoms with E-state index in [1.807, 2.05) is 0 Å². The van der Waals surface area contributed by atoms with Gasteiger partial charge < -0.3 is 9.84 Å². The van der Waals surface area contributed by atoms with Crippen molar-refractivity contribution in [1.82, 2.24) is 9.56 Å². The summed E-state index contributed by atoms with van der Waals surface area (Å²) in [5.41, 5.74) is 1.38. The first-order valence-corrected chi connectivity index (χ1v) is 8.68. The minimum absolute atomic E-state index is 0.162. The van der Waals surface area contributed by atoms with Crippen molar-refractivity contribution in [1.29, 1.82) is 0 Å². The fraction of sp³-hybridized carbons (Fsp3) is 0.188. The standard InChI is InChI=1S/C16H14ClN3O3S/c1-10-6-14-18-11(7-16(22)20(14)23-10)8-24-9-15(21)19-13-5-3-2-4-12(13)17/h2-7H,8-9H2,1H3,(H,19,21). The minimum atomic E-state index is -0.274. The molecular weight excluding hydrogens is 350 g/mol. The van der Waals surface area contributed by atoms with Crippen LogP contribution in [0.25, 0.3) is 5.65 Å². The van der Waals surface area contributed by atoms with E-state index in [4.69, 9.17) is 16.1 Å². The number of carbonyl (C=O) groups excluding carboxylic acids is 1. The van der Waals surface area contributed by atoms with Gasteiger partial charge >= 0.3 is 0 Å². The number of thioether (sulfide) groups is 1. The summed E-state index contributed by atoms with van der Waals surface area (Å²) in [4.78, 5) is 28.2. The zero-order valence-corrected chi connectivity index (χ0v) is 14.4. The number of benzene rings is 1. The quantitative estimate of drug-likeness (QED) is 0.753. The molecular formula is C16H14ClN3O3S. The van der Waals surface area contributed by atoms with Gasteiger partial charge in [0.1, 0.15) is 5.76 Å². The second-order valence-electron chi connectivity index (χ2n) is 5.11. The maximum absolute atomic E-state index is 11.9. The first kappa shape index (κ1) is 16.6. The van der Waals surface area contributed by atoms with Gasteiger partial charge in [-0.05, 0) is 19.1 Å². The summed E-state index contributed by atoms with van der Waals surface area (Å²) >= 11 is 7.36. The van der Waals surface area contributed by atoms with Crippen LogP contribution < -0.4 is 10.9 Å². The van der Waals surface area contributed by atoms with Crippen LogP contribution in [0.5, 0.6) is 0 Å². The molecule has 0 atom stereocenters. The third-order valence-electron chi connectivity index (χ3n) is 3.16. The molecule has 0 fully saturated rings. The Labute approximate surface area is 146 Å². The molecule has 0 saturated heterocycles. The van der Waals surface area contributed by atoms with Crippen molar-refractivity contribution >= 4 is 40.6 Å². The van der Waals surface area contributed by atoms with Crippen molar-refractivity contribution in [2.75, 3.05) is 11.1 Å². The van der Waals surface area contributed by atoms with Gasteiger partial charge in [0.2, 0.25) is 5.91 Å². The molecule has 0 aliphatic rings. The van der Waals surface area contributed by atoms with E-state index in [2.05, 4.69) is 10.3 Å². The van der Waals surface area contributed by atoms with Crippen LogP contribution in [0.2, 0.25) is 5.02 Å². The summed E-state index contributed by atoms with van der Waals surface area (Å²) in [6.45, 7) is 1.75. The number of aryl methyl sites for hydroxylation is 1. The van der Waals surface area contributed by atoms with Crippen LogP contribution in [0.15, 0.2) is 45.7 Å². The van der Waals surface area contributed by atoms with Crippen molar-refractivity contribution in [2.24, 2.45) is 0 Å². The summed E-state index contributed by atoms with van der Waals surface area (Å²) in [5, 5.41) is 3.24. The number of aromatic nitrogens is 2. The Hall–Kier alpha value is -2.25. The highest BCUT2D eigenvalue weighted by atomic mass is 35.5. The molecule has 2 aromatic heterocycles. The van der Waals surface area contributed by atoms with Crippen LogP contribution >= 0.6 is 23.4 Å². The number of fused-ring (bicyclic) bond motifs is 1. The zero-order valence-electron chi connectivity index (χ0n) is 12.8. The molecule has 3 rings (SSSR count). The van der Waals surface area contributed by atoms with Crippen LogP contribution in [-0.2, 0) is 10.5 Å². The molecule has 0 unspecified atom stereocenters. The highest BCUT2D eigenvalue weighted by Crippen LogP contribution is 2.21. The molecule has 3 aromatic rings. The molecule has 124 valence electrons. The Morgan fingerprint density at radius 3 is 2.96 bits per heavy atom. The van der Waals surface area contributed by atoms with E-state index in [9.17, 15) is 9.59 Å². The lowest BCUT2D eigenvalue weighted by Crippen LogP contribution is -2.15. The van der Waals surface area contributed by atoms with E-state index < -0.39 is 0 Å². The first-order valence-electron chi connectivity index (χ1n) is 7.14. The Morgan fingerprint density at radius 2 is 2.17 bits per heavy atom. The fourth-order valence-corrected chi connectivity index (χ4v) is 3.04. The van der Waals surface area contributed by atoms with Crippen LogP contribution in [0.4, 0.5) is 5.69 Å². The predicted molar refractivity (Wildman–Crippen MR) is 94.7 cm³/mol. The Kier molecular flexibility index (Phi) is 4.92. The molecule has 0 radical (unpaired) electrons. The summed E-state index contributed by atoms with van der Waals surface area (Å²) in [7, 11) is 0. The summed E-state index contributed by atoms with van der Waals surface area (Å²) < 4.78 is 6.38. The van der Waals surface area contributed by atoms with E-state index in [0.29, 0.717) is 33.6 Å². The molecule has 1 amide bonds. The lowest BCUT2D eigenvalue weighted by molar-refractivity contribution is -0.113. The number of nitrogens with one attached hydrogen (secondary N) is 1. The molecule has 2 heterocycles. The maximum atomic E-state index is 11.9. The number of carbonyl (C=O) groups is 1. The third kappa shape index (κ3) is 3.80. The van der Waals surface area contributed by atoms with Gasteiger partial charge in [-0.15, -0.1) is 16.3 Å². The Balaban J connectivity index is 1.59. The van der Waals surface area contributed by atoms with Gasteiger partial charge in [0.25, 0.3) is 5.56 Å². The molecule has 1 N–H and O–H groups in total. The number of anilines is 1. The van der Waals surface area contributed by atoms with E-state index in [-0.39, 0.29) is 17.2 Å². The molecule has 6 nitrogen and oxygen atoms in total. The number of hydrogen-bond acceptors (Lipinski definition) is 5. The van der Waals surface area contributed by atoms with Gasteiger partial charge in [-0.1, -0.05) is 23.7 Å². The summed E-state index contributed by atoms with van der Waals surface area (Å²) in [6, 6.07) is 10.2. The number of rotatable bonds is 5. The van der Waals surface area contributed by atoms with Gasteiger partial charge in [0, 0.05) is 17.9 Å². The number of amides is 1. The molecule has 0 bridgehead atoms. The topological polar surface area (TPSA) is 76.6 Å². The summed E-state index contributed by atoms with van der Waals surface area (Å²) in [6.07, 6.45) is 0. The number of para-hydroxylation sites is 1. The molecule has 0 aliphatic heterocycles. The highest BCUT2D eigenvalue weighted by Gasteiger charge is 2.09. The van der Waals surface area contributed by atoms with Crippen molar-refractivity contribution < 1.29 is 9.32 Å². The van der Waals surface area contributed by atoms with Crippen LogP contribution in [0.3, 0.4) is 0 Å². The van der Waals surface area contributed by atoms with E-state index in [1.165, 1.54) is 17.8 Å². The molecule has 8 heteroatoms. The minimum Gasteiger partial charge on any atom is -0.375 e. The fourth-order valence-electron chi connectivity index (χ4n) is 2.14. The second-order valence-corrected chi connectivity index (χ2v) is 6.50. The Morgan fingerprint density at radius 1 is 1.38 bits per heavy atom. The number of halogens is 1. The molecule has 0 aliphatic carbocycles. The lowest BCUT2D eigenvalue weighted by Gasteiger charge is -2.06. The number of hydrogen-bond donors (Lipinski definition) is 1. The smallest absolute Gasteiger partial charge is 0.287 e. The molecule has 1 aromatic carbocycles. The average Bonchev–Trinajstić information content (AvgIpc) is 2.91. The van der Waals surface area contributed by atoms with Gasteiger partial charge in [-0.25, -0.2) is 4.98 Å². The van der Waals surface area contributed by atoms with Crippen molar-refractivity contribution in [3.8, 4) is 0 Å². The third-order valence-corrected chi connectivity index (χ3v) is 4.45. The van der Waals surface area contributed by atoms with Gasteiger partial charge in [0.05, 0.1) is 22.2 Å². The van der Waals surface area contributed by atoms with Crippen LogP contribution in [0.1, 0.15) is 11.5 Å². The van der Waals surface area contributed by atoms with Gasteiger partial charge in [-0.2, -0.15) is 0 Å². The van der Waals surface area contributed by atoms with E-state index in [0.717, 1.165) is 4.57 Å². The van der Waals surface area contributed by atoms with Crippen LogP contribution in [0, 0.1) is 6.92 Å². The van der Waals surface area contributed by atoms with Crippen molar-refractivity contribution in [2.45, 2.75) is 12.7 Å². The van der Waals surface area contributed by atoms with E-state index in [1.54, 1.807) is 37.3 Å². The van der Waals surface area contributed by atoms with Gasteiger partial charge in [0.15, 0.2) is 5.65 Å². The van der Waals surface area contributed by atoms with E-state index >= 15 is 0 Å². The molecule has 0 saturated carbocycles. The molecule has 24 heavy (non-hydrogen) atoms. The lowest BCUT2D eigenvalue weighted by atomic mass is 10.3. The van der Waals surface area contributed by atoms with Crippen LogP contribution in [-0.4, -0.2) is 21.2 Å². The normalized spacial score (nSPS) is 10.9. The first-order chi connectivity index (χ1) is 11.5. The predicted octanol–water partition coefficient (Wildman–Crippen LogP) is 3.12. The summed E-state index contributed by atoms with van der Waals surface area (Å²) in [5.74, 6) is 1.14. The second kappa shape index (κ2) is 7.11. The molecule has 0 spiro atoms. The van der Waals surface area contributed by atoms with Crippen molar-refractivity contribution in [3.63, 3.8) is 0 Å². The maximum Gasteiger partial charge on any atom is 0.287 e. The Bertz CT molecular complexity index is 951.